The highest BCUT2D eigenvalue weighted by atomic mass is 127. The molecule has 0 saturated carbocycles. The maximum Gasteiger partial charge on any atom is 0.191 e. The van der Waals surface area contributed by atoms with Crippen LogP contribution < -0.4 is 15.4 Å². The van der Waals surface area contributed by atoms with Crippen LogP contribution in [0.4, 0.5) is 0 Å². The van der Waals surface area contributed by atoms with Crippen LogP contribution in [-0.4, -0.2) is 25.1 Å². The Labute approximate surface area is 178 Å². The first-order chi connectivity index (χ1) is 11.5. The molecule has 0 saturated heterocycles. The van der Waals surface area contributed by atoms with E-state index in [-0.39, 0.29) is 24.0 Å². The lowest BCUT2D eigenvalue weighted by molar-refractivity contribution is 0.409. The number of hydrogen-bond acceptors (Lipinski definition) is 4. The Balaban J connectivity index is 0.00000312. The minimum Gasteiger partial charge on any atom is -0.496 e. The Morgan fingerprint density at radius 2 is 2.04 bits per heavy atom. The van der Waals surface area contributed by atoms with Crippen LogP contribution in [0, 0.1) is 0 Å². The van der Waals surface area contributed by atoms with Crippen molar-refractivity contribution in [3.8, 4) is 5.75 Å². The smallest absolute Gasteiger partial charge is 0.191 e. The van der Waals surface area contributed by atoms with Gasteiger partial charge < -0.3 is 15.4 Å². The molecule has 2 aromatic rings. The fraction of sp³-hybridized carbons (Fsp3) is 0.412. The average molecular weight is 539 g/mol. The van der Waals surface area contributed by atoms with Crippen LogP contribution in [0.25, 0.3) is 0 Å². The van der Waals surface area contributed by atoms with E-state index in [1.807, 2.05) is 18.2 Å². The number of aliphatic imine (C=N–C) groups is 1. The van der Waals surface area contributed by atoms with Gasteiger partial charge in [-0.25, -0.2) is 4.98 Å². The van der Waals surface area contributed by atoms with Gasteiger partial charge in [0.1, 0.15) is 10.8 Å². The summed E-state index contributed by atoms with van der Waals surface area (Å²) in [5, 5.41) is 9.77. The van der Waals surface area contributed by atoms with Gasteiger partial charge >= 0.3 is 0 Å². The zero-order chi connectivity index (χ0) is 17.5. The SMILES string of the molecule is CN=C(NCc1nc(C(C)C)cs1)NCc1cc(Br)ccc1OC.I. The van der Waals surface area contributed by atoms with Crippen molar-refractivity contribution in [3.63, 3.8) is 0 Å². The van der Waals surface area contributed by atoms with Gasteiger partial charge in [-0.05, 0) is 24.1 Å². The van der Waals surface area contributed by atoms with E-state index in [0.717, 1.165) is 32.4 Å². The maximum atomic E-state index is 5.39. The van der Waals surface area contributed by atoms with Gasteiger partial charge in [0.25, 0.3) is 0 Å². The summed E-state index contributed by atoms with van der Waals surface area (Å²) in [6, 6.07) is 5.94. The van der Waals surface area contributed by atoms with E-state index in [1.54, 1.807) is 25.5 Å². The third-order valence-electron chi connectivity index (χ3n) is 3.48. The van der Waals surface area contributed by atoms with Gasteiger partial charge in [0.05, 0.1) is 19.3 Å². The molecule has 25 heavy (non-hydrogen) atoms. The molecule has 2 rings (SSSR count). The lowest BCUT2D eigenvalue weighted by Gasteiger charge is -2.13. The van der Waals surface area contributed by atoms with Crippen molar-refractivity contribution in [1.29, 1.82) is 0 Å². The molecule has 0 aliphatic rings. The maximum absolute atomic E-state index is 5.39. The molecule has 0 fully saturated rings. The number of ether oxygens (including phenoxy) is 1. The first kappa shape index (κ1) is 22.2. The van der Waals surface area contributed by atoms with E-state index in [2.05, 4.69) is 55.8 Å². The van der Waals surface area contributed by atoms with Gasteiger partial charge in [0.2, 0.25) is 0 Å². The second-order valence-corrected chi connectivity index (χ2v) is 7.41. The third kappa shape index (κ3) is 6.74. The van der Waals surface area contributed by atoms with E-state index in [9.17, 15) is 0 Å². The average Bonchev–Trinajstić information content (AvgIpc) is 3.04. The van der Waals surface area contributed by atoms with Crippen molar-refractivity contribution < 1.29 is 4.74 Å². The molecule has 0 bridgehead atoms. The predicted molar refractivity (Wildman–Crippen MR) is 119 cm³/mol. The zero-order valence-electron chi connectivity index (χ0n) is 14.8. The number of rotatable bonds is 6. The number of nitrogens with zero attached hydrogens (tertiary/aromatic N) is 2. The van der Waals surface area contributed by atoms with Crippen molar-refractivity contribution in [2.45, 2.75) is 32.9 Å². The summed E-state index contributed by atoms with van der Waals surface area (Å²) >= 11 is 5.16. The summed E-state index contributed by atoms with van der Waals surface area (Å²) in [6.07, 6.45) is 0. The fourth-order valence-corrected chi connectivity index (χ4v) is 3.42. The van der Waals surface area contributed by atoms with Crippen molar-refractivity contribution in [1.82, 2.24) is 15.6 Å². The summed E-state index contributed by atoms with van der Waals surface area (Å²) in [7, 11) is 3.43. The quantitative estimate of drug-likeness (QED) is 0.322. The molecular weight excluding hydrogens is 515 g/mol. The molecular formula is C17H24BrIN4OS. The fourth-order valence-electron chi connectivity index (χ4n) is 2.12. The van der Waals surface area contributed by atoms with Gasteiger partial charge in [-0.1, -0.05) is 29.8 Å². The normalized spacial score (nSPS) is 11.2. The molecule has 138 valence electrons. The number of halogens is 2. The molecule has 1 aromatic heterocycles. The van der Waals surface area contributed by atoms with E-state index in [4.69, 9.17) is 4.74 Å². The predicted octanol–water partition coefficient (Wildman–Crippen LogP) is 4.52. The molecule has 1 heterocycles. The monoisotopic (exact) mass is 538 g/mol. The summed E-state index contributed by atoms with van der Waals surface area (Å²) < 4.78 is 6.41. The Hall–Kier alpha value is -0.870. The van der Waals surface area contributed by atoms with Gasteiger partial charge in [-0.2, -0.15) is 0 Å². The number of nitrogens with one attached hydrogen (secondary N) is 2. The second-order valence-electron chi connectivity index (χ2n) is 5.56. The van der Waals surface area contributed by atoms with Crippen LogP contribution in [0.5, 0.6) is 5.75 Å². The zero-order valence-corrected chi connectivity index (χ0v) is 19.5. The Bertz CT molecular complexity index is 706. The Morgan fingerprint density at radius 1 is 1.32 bits per heavy atom. The number of methoxy groups -OCH3 is 1. The van der Waals surface area contributed by atoms with E-state index in [0.29, 0.717) is 19.0 Å². The molecule has 8 heteroatoms. The Kier molecular flexibility index (Phi) is 9.73. The van der Waals surface area contributed by atoms with Crippen LogP contribution in [-0.2, 0) is 13.1 Å². The van der Waals surface area contributed by atoms with Gasteiger partial charge in [-0.3, -0.25) is 4.99 Å². The van der Waals surface area contributed by atoms with Crippen molar-refractivity contribution in [2.75, 3.05) is 14.2 Å². The molecule has 0 unspecified atom stereocenters. The molecule has 0 amide bonds. The van der Waals surface area contributed by atoms with Crippen LogP contribution in [0.2, 0.25) is 0 Å². The van der Waals surface area contributed by atoms with Crippen molar-refractivity contribution >= 4 is 57.2 Å². The summed E-state index contributed by atoms with van der Waals surface area (Å²) in [6.45, 7) is 5.58. The highest BCUT2D eigenvalue weighted by Crippen LogP contribution is 2.22. The van der Waals surface area contributed by atoms with Crippen molar-refractivity contribution in [2.24, 2.45) is 4.99 Å². The van der Waals surface area contributed by atoms with E-state index < -0.39 is 0 Å². The van der Waals surface area contributed by atoms with Gasteiger partial charge in [0.15, 0.2) is 5.96 Å². The first-order valence-electron chi connectivity index (χ1n) is 7.74. The number of benzene rings is 1. The summed E-state index contributed by atoms with van der Waals surface area (Å²) in [5.41, 5.74) is 2.20. The molecule has 0 spiro atoms. The highest BCUT2D eigenvalue weighted by molar-refractivity contribution is 14.0. The number of guanidine groups is 1. The number of thiazole rings is 1. The number of aromatic nitrogens is 1. The minimum atomic E-state index is 0. The molecule has 0 aliphatic carbocycles. The van der Waals surface area contributed by atoms with Crippen molar-refractivity contribution in [3.05, 3.63) is 44.3 Å². The highest BCUT2D eigenvalue weighted by Gasteiger charge is 2.08. The first-order valence-corrected chi connectivity index (χ1v) is 9.42. The van der Waals surface area contributed by atoms with E-state index in [1.165, 1.54) is 0 Å². The van der Waals surface area contributed by atoms with Crippen LogP contribution in [0.15, 0.2) is 33.0 Å². The molecule has 5 nitrogen and oxygen atoms in total. The third-order valence-corrected chi connectivity index (χ3v) is 4.84. The van der Waals surface area contributed by atoms with Crippen LogP contribution in [0.1, 0.15) is 36.0 Å². The lowest BCUT2D eigenvalue weighted by atomic mass is 10.2. The van der Waals surface area contributed by atoms with Gasteiger partial charge in [-0.15, -0.1) is 35.3 Å². The largest absolute Gasteiger partial charge is 0.496 e. The molecule has 1 aromatic carbocycles. The molecule has 0 aliphatic heterocycles. The molecule has 0 radical (unpaired) electrons. The Morgan fingerprint density at radius 3 is 2.64 bits per heavy atom. The molecule has 0 atom stereocenters. The van der Waals surface area contributed by atoms with Gasteiger partial charge in [0, 0.05) is 29.0 Å². The van der Waals surface area contributed by atoms with Crippen LogP contribution in [0.3, 0.4) is 0 Å². The lowest BCUT2D eigenvalue weighted by Crippen LogP contribution is -2.36. The topological polar surface area (TPSA) is 58.5 Å². The summed E-state index contributed by atoms with van der Waals surface area (Å²) in [5.74, 6) is 2.04. The number of hydrogen-bond donors (Lipinski definition) is 2. The standard InChI is InChI=1S/C17H23BrN4OS.HI/c1-11(2)14-10-24-16(22-14)9-21-17(19-3)20-8-12-7-13(18)5-6-15(12)23-4;/h5-7,10-11H,8-9H2,1-4H3,(H2,19,20,21);1H. The van der Waals surface area contributed by atoms with E-state index >= 15 is 0 Å². The minimum absolute atomic E-state index is 0. The summed E-state index contributed by atoms with van der Waals surface area (Å²) in [4.78, 5) is 8.88. The molecule has 2 N–H and O–H groups in total. The van der Waals surface area contributed by atoms with Crippen LogP contribution >= 0.6 is 51.2 Å². The second kappa shape index (κ2) is 11.0.